The van der Waals surface area contributed by atoms with Gasteiger partial charge in [-0.25, -0.2) is 0 Å². The first-order valence-electron chi connectivity index (χ1n) is 6.35. The lowest BCUT2D eigenvalue weighted by molar-refractivity contribution is 0.395. The van der Waals surface area contributed by atoms with E-state index in [1.54, 1.807) is 25.6 Å². The molecule has 1 atom stereocenters. The zero-order valence-corrected chi connectivity index (χ0v) is 14.2. The molecule has 1 heterocycles. The first kappa shape index (κ1) is 15.4. The average molecular weight is 356 g/mol. The van der Waals surface area contributed by atoms with E-state index in [1.807, 2.05) is 12.1 Å². The number of nitrogens with two attached hydrogens (primary N) is 1. The van der Waals surface area contributed by atoms with Crippen molar-refractivity contribution in [3.63, 3.8) is 0 Å². The van der Waals surface area contributed by atoms with Gasteiger partial charge in [-0.05, 0) is 51.5 Å². The second-order valence-corrected chi connectivity index (χ2v) is 6.17. The monoisotopic (exact) mass is 355 g/mol. The van der Waals surface area contributed by atoms with E-state index in [-0.39, 0.29) is 6.04 Å². The van der Waals surface area contributed by atoms with Gasteiger partial charge in [-0.15, -0.1) is 11.3 Å². The van der Waals surface area contributed by atoms with E-state index >= 15 is 0 Å². The number of aryl methyl sites for hydroxylation is 1. The Balaban J connectivity index is 2.50. The number of ether oxygens (including phenoxy) is 2. The molecule has 0 aliphatic rings. The Morgan fingerprint density at radius 3 is 2.55 bits per heavy atom. The molecule has 1 aromatic heterocycles. The predicted molar refractivity (Wildman–Crippen MR) is 87.0 cm³/mol. The third-order valence-electron chi connectivity index (χ3n) is 3.28. The van der Waals surface area contributed by atoms with Gasteiger partial charge >= 0.3 is 0 Å². The maximum Gasteiger partial charge on any atom is 0.133 e. The highest BCUT2D eigenvalue weighted by molar-refractivity contribution is 9.10. The van der Waals surface area contributed by atoms with Crippen LogP contribution >= 0.6 is 27.3 Å². The Morgan fingerprint density at radius 1 is 1.25 bits per heavy atom. The summed E-state index contributed by atoms with van der Waals surface area (Å²) in [4.78, 5) is 1.18. The molecular formula is C15H18BrNO2S. The van der Waals surface area contributed by atoms with E-state index in [1.165, 1.54) is 10.4 Å². The molecule has 2 rings (SSSR count). The maximum atomic E-state index is 6.45. The summed E-state index contributed by atoms with van der Waals surface area (Å²) in [6, 6.07) is 5.75. The summed E-state index contributed by atoms with van der Waals surface area (Å²) < 4.78 is 11.7. The summed E-state index contributed by atoms with van der Waals surface area (Å²) >= 11 is 5.15. The minimum atomic E-state index is -0.207. The van der Waals surface area contributed by atoms with Crippen LogP contribution in [0.15, 0.2) is 28.1 Å². The Hall–Kier alpha value is -1.04. The first-order chi connectivity index (χ1) is 9.62. The average Bonchev–Trinajstić information content (AvgIpc) is 2.94. The molecule has 20 heavy (non-hydrogen) atoms. The summed E-state index contributed by atoms with van der Waals surface area (Å²) in [7, 11) is 3.30. The molecule has 0 spiro atoms. The summed E-state index contributed by atoms with van der Waals surface area (Å²) in [5.74, 6) is 1.52. The van der Waals surface area contributed by atoms with Crippen LogP contribution in [0, 0.1) is 0 Å². The van der Waals surface area contributed by atoms with Gasteiger partial charge in [0, 0.05) is 10.4 Å². The van der Waals surface area contributed by atoms with E-state index in [0.29, 0.717) is 0 Å². The largest absolute Gasteiger partial charge is 0.496 e. The standard InChI is InChI=1S/C15H18BrNO2S/c1-4-9-5-6-20-15(9)14(17)10-7-13(19-3)11(16)8-12(10)18-2/h5-8,14H,4,17H2,1-3H3. The second-order valence-electron chi connectivity index (χ2n) is 4.37. The van der Waals surface area contributed by atoms with Crippen molar-refractivity contribution in [2.75, 3.05) is 14.2 Å². The van der Waals surface area contributed by atoms with Gasteiger partial charge < -0.3 is 15.2 Å². The van der Waals surface area contributed by atoms with E-state index in [9.17, 15) is 0 Å². The van der Waals surface area contributed by atoms with Crippen molar-refractivity contribution < 1.29 is 9.47 Å². The predicted octanol–water partition coefficient (Wildman–Crippen LogP) is 4.14. The lowest BCUT2D eigenvalue weighted by Crippen LogP contribution is -2.13. The van der Waals surface area contributed by atoms with Crippen molar-refractivity contribution in [3.05, 3.63) is 44.1 Å². The minimum Gasteiger partial charge on any atom is -0.496 e. The summed E-state index contributed by atoms with van der Waals surface area (Å²) in [5.41, 5.74) is 8.67. The van der Waals surface area contributed by atoms with Crippen LogP contribution in [0.1, 0.15) is 29.0 Å². The molecule has 0 bridgehead atoms. The van der Waals surface area contributed by atoms with Crippen LogP contribution in [0.2, 0.25) is 0 Å². The molecule has 0 saturated carbocycles. The number of halogens is 1. The van der Waals surface area contributed by atoms with Crippen LogP contribution in [-0.4, -0.2) is 14.2 Å². The quantitative estimate of drug-likeness (QED) is 0.876. The van der Waals surface area contributed by atoms with Gasteiger partial charge in [-0.2, -0.15) is 0 Å². The zero-order valence-electron chi connectivity index (χ0n) is 11.8. The van der Waals surface area contributed by atoms with E-state index in [2.05, 4.69) is 34.3 Å². The van der Waals surface area contributed by atoms with Crippen molar-refractivity contribution in [2.24, 2.45) is 5.73 Å². The molecule has 0 fully saturated rings. The molecule has 0 amide bonds. The van der Waals surface area contributed by atoms with Gasteiger partial charge in [0.05, 0.1) is 24.7 Å². The molecular weight excluding hydrogens is 338 g/mol. The lowest BCUT2D eigenvalue weighted by Gasteiger charge is -2.18. The topological polar surface area (TPSA) is 44.5 Å². The third kappa shape index (κ3) is 2.85. The maximum absolute atomic E-state index is 6.45. The van der Waals surface area contributed by atoms with E-state index < -0.39 is 0 Å². The van der Waals surface area contributed by atoms with Crippen molar-refractivity contribution in [1.29, 1.82) is 0 Å². The fraction of sp³-hybridized carbons (Fsp3) is 0.333. The number of benzene rings is 1. The van der Waals surface area contributed by atoms with Crippen LogP contribution in [0.4, 0.5) is 0 Å². The molecule has 1 aromatic carbocycles. The Bertz CT molecular complexity index is 598. The number of thiophene rings is 1. The molecule has 2 N–H and O–H groups in total. The molecule has 5 heteroatoms. The zero-order chi connectivity index (χ0) is 14.7. The van der Waals surface area contributed by atoms with E-state index in [0.717, 1.165) is 28.0 Å². The van der Waals surface area contributed by atoms with Crippen molar-refractivity contribution in [3.8, 4) is 11.5 Å². The van der Waals surface area contributed by atoms with Crippen molar-refractivity contribution in [2.45, 2.75) is 19.4 Å². The normalized spacial score (nSPS) is 12.2. The van der Waals surface area contributed by atoms with Crippen LogP contribution in [0.25, 0.3) is 0 Å². The van der Waals surface area contributed by atoms with Crippen molar-refractivity contribution in [1.82, 2.24) is 0 Å². The fourth-order valence-electron chi connectivity index (χ4n) is 2.18. The van der Waals surface area contributed by atoms with Gasteiger partial charge in [-0.3, -0.25) is 0 Å². The highest BCUT2D eigenvalue weighted by Crippen LogP contribution is 2.39. The van der Waals surface area contributed by atoms with Gasteiger partial charge in [0.15, 0.2) is 0 Å². The molecule has 2 aromatic rings. The van der Waals surface area contributed by atoms with Crippen LogP contribution in [0.3, 0.4) is 0 Å². The Labute approximate surface area is 131 Å². The second kappa shape index (κ2) is 6.61. The fourth-order valence-corrected chi connectivity index (χ4v) is 3.68. The molecule has 0 radical (unpaired) electrons. The van der Waals surface area contributed by atoms with Crippen LogP contribution in [0.5, 0.6) is 11.5 Å². The minimum absolute atomic E-state index is 0.207. The molecule has 0 aliphatic carbocycles. The third-order valence-corrected chi connectivity index (χ3v) is 4.95. The summed E-state index contributed by atoms with van der Waals surface area (Å²) in [6.45, 7) is 2.14. The van der Waals surface area contributed by atoms with Crippen molar-refractivity contribution >= 4 is 27.3 Å². The first-order valence-corrected chi connectivity index (χ1v) is 8.02. The number of rotatable bonds is 5. The highest BCUT2D eigenvalue weighted by Gasteiger charge is 2.20. The van der Waals surface area contributed by atoms with Crippen LogP contribution in [-0.2, 0) is 6.42 Å². The molecule has 108 valence electrons. The summed E-state index contributed by atoms with van der Waals surface area (Å²) in [5, 5.41) is 2.08. The molecule has 0 aliphatic heterocycles. The Morgan fingerprint density at radius 2 is 1.95 bits per heavy atom. The van der Waals surface area contributed by atoms with Gasteiger partial charge in [0.1, 0.15) is 11.5 Å². The van der Waals surface area contributed by atoms with E-state index in [4.69, 9.17) is 15.2 Å². The molecule has 1 unspecified atom stereocenters. The molecule has 3 nitrogen and oxygen atoms in total. The number of hydrogen-bond acceptors (Lipinski definition) is 4. The van der Waals surface area contributed by atoms with Gasteiger partial charge in [-0.1, -0.05) is 6.92 Å². The Kier molecular flexibility index (Phi) is 5.07. The highest BCUT2D eigenvalue weighted by atomic mass is 79.9. The lowest BCUT2D eigenvalue weighted by atomic mass is 10.0. The summed E-state index contributed by atoms with van der Waals surface area (Å²) in [6.07, 6.45) is 0.975. The molecule has 0 saturated heterocycles. The smallest absolute Gasteiger partial charge is 0.133 e. The van der Waals surface area contributed by atoms with Crippen LogP contribution < -0.4 is 15.2 Å². The SMILES string of the molecule is CCc1ccsc1C(N)c1cc(OC)c(Br)cc1OC. The number of methoxy groups -OCH3 is 2. The van der Waals surface area contributed by atoms with Gasteiger partial charge in [0.25, 0.3) is 0 Å². The van der Waals surface area contributed by atoms with Gasteiger partial charge in [0.2, 0.25) is 0 Å². The number of hydrogen-bond donors (Lipinski definition) is 1.